The van der Waals surface area contributed by atoms with Gasteiger partial charge in [0.15, 0.2) is 0 Å². The lowest BCUT2D eigenvalue weighted by molar-refractivity contribution is 0.0965. The number of methoxy groups -OCH3 is 1. The molecule has 0 bridgehead atoms. The lowest BCUT2D eigenvalue weighted by atomic mass is 10.2. The Morgan fingerprint density at radius 2 is 1.74 bits per heavy atom. The van der Waals surface area contributed by atoms with Crippen LogP contribution in [0.25, 0.3) is 10.9 Å². The summed E-state index contributed by atoms with van der Waals surface area (Å²) in [7, 11) is 1.61. The molecular weight excluding hydrogens is 238 g/mol. The fraction of sp³-hybridized carbons (Fsp3) is 0.0625. The number of nitrogens with zero attached hydrogens (tertiary/aromatic N) is 1. The molecule has 2 aromatic carbocycles. The van der Waals surface area contributed by atoms with Crippen LogP contribution in [0.15, 0.2) is 60.8 Å². The molecule has 3 heteroatoms. The Morgan fingerprint density at radius 1 is 1.00 bits per heavy atom. The minimum absolute atomic E-state index is 0.0381. The molecule has 0 N–H and O–H groups in total. The number of ether oxygens (including phenoxy) is 1. The number of benzene rings is 2. The number of carbonyl (C=O) groups is 1. The van der Waals surface area contributed by atoms with Gasteiger partial charge in [0.25, 0.3) is 5.91 Å². The van der Waals surface area contributed by atoms with Crippen LogP contribution in [-0.2, 0) is 0 Å². The molecule has 3 nitrogen and oxygen atoms in total. The number of hydrogen-bond donors (Lipinski definition) is 0. The van der Waals surface area contributed by atoms with Crippen LogP contribution in [-0.4, -0.2) is 17.6 Å². The SMILES string of the molecule is COc1ccc(C(=O)n2ccc3ccccc32)cc1. The van der Waals surface area contributed by atoms with Crippen LogP contribution in [0, 0.1) is 0 Å². The molecule has 19 heavy (non-hydrogen) atoms. The average Bonchev–Trinajstić information content (AvgIpc) is 2.90. The van der Waals surface area contributed by atoms with Gasteiger partial charge in [-0.3, -0.25) is 9.36 Å². The molecule has 94 valence electrons. The van der Waals surface area contributed by atoms with Crippen molar-refractivity contribution in [2.75, 3.05) is 7.11 Å². The number of para-hydroxylation sites is 1. The van der Waals surface area contributed by atoms with E-state index < -0.39 is 0 Å². The Labute approximate surface area is 111 Å². The van der Waals surface area contributed by atoms with Crippen molar-refractivity contribution in [1.82, 2.24) is 4.57 Å². The molecule has 0 aliphatic heterocycles. The van der Waals surface area contributed by atoms with Crippen molar-refractivity contribution in [3.63, 3.8) is 0 Å². The molecule has 0 aliphatic rings. The van der Waals surface area contributed by atoms with Crippen molar-refractivity contribution < 1.29 is 9.53 Å². The van der Waals surface area contributed by atoms with Gasteiger partial charge < -0.3 is 4.74 Å². The second kappa shape index (κ2) is 4.61. The lowest BCUT2D eigenvalue weighted by Crippen LogP contribution is -2.10. The summed E-state index contributed by atoms with van der Waals surface area (Å²) < 4.78 is 6.76. The smallest absolute Gasteiger partial charge is 0.262 e. The first kappa shape index (κ1) is 11.5. The summed E-state index contributed by atoms with van der Waals surface area (Å²) >= 11 is 0. The first-order chi connectivity index (χ1) is 9.29. The Hall–Kier alpha value is -2.55. The number of hydrogen-bond acceptors (Lipinski definition) is 2. The predicted molar refractivity (Wildman–Crippen MR) is 74.7 cm³/mol. The van der Waals surface area contributed by atoms with E-state index in [1.54, 1.807) is 42.1 Å². The maximum Gasteiger partial charge on any atom is 0.262 e. The van der Waals surface area contributed by atoms with Crippen LogP contribution in [0.4, 0.5) is 0 Å². The van der Waals surface area contributed by atoms with Gasteiger partial charge in [0, 0.05) is 17.1 Å². The van der Waals surface area contributed by atoms with E-state index in [9.17, 15) is 4.79 Å². The highest BCUT2D eigenvalue weighted by Crippen LogP contribution is 2.18. The first-order valence-electron chi connectivity index (χ1n) is 6.04. The quantitative estimate of drug-likeness (QED) is 0.699. The summed E-state index contributed by atoms with van der Waals surface area (Å²) in [6.45, 7) is 0. The van der Waals surface area contributed by atoms with Gasteiger partial charge in [-0.2, -0.15) is 0 Å². The van der Waals surface area contributed by atoms with Gasteiger partial charge in [-0.05, 0) is 36.4 Å². The monoisotopic (exact) mass is 251 g/mol. The third-order valence-corrected chi connectivity index (χ3v) is 3.16. The highest BCUT2D eigenvalue weighted by atomic mass is 16.5. The van der Waals surface area contributed by atoms with Crippen LogP contribution in [0.3, 0.4) is 0 Å². The summed E-state index contributed by atoms with van der Waals surface area (Å²) in [5.41, 5.74) is 1.56. The van der Waals surface area contributed by atoms with Crippen molar-refractivity contribution in [3.05, 3.63) is 66.4 Å². The number of rotatable bonds is 2. The number of fused-ring (bicyclic) bond motifs is 1. The van der Waals surface area contributed by atoms with Gasteiger partial charge in [0.05, 0.1) is 12.6 Å². The van der Waals surface area contributed by atoms with Crippen LogP contribution < -0.4 is 4.74 Å². The second-order valence-electron chi connectivity index (χ2n) is 4.28. The minimum atomic E-state index is -0.0381. The van der Waals surface area contributed by atoms with Crippen LogP contribution in [0.2, 0.25) is 0 Å². The second-order valence-corrected chi connectivity index (χ2v) is 4.28. The topological polar surface area (TPSA) is 31.2 Å². The highest BCUT2D eigenvalue weighted by molar-refractivity contribution is 6.02. The van der Waals surface area contributed by atoms with Crippen LogP contribution in [0.5, 0.6) is 5.75 Å². The fourth-order valence-corrected chi connectivity index (χ4v) is 2.13. The molecule has 1 aromatic heterocycles. The Morgan fingerprint density at radius 3 is 2.47 bits per heavy atom. The summed E-state index contributed by atoms with van der Waals surface area (Å²) in [6, 6.07) is 16.9. The maximum absolute atomic E-state index is 12.4. The Bertz CT molecular complexity index is 726. The molecule has 0 atom stereocenters. The van der Waals surface area contributed by atoms with Crippen molar-refractivity contribution in [1.29, 1.82) is 0 Å². The fourth-order valence-electron chi connectivity index (χ4n) is 2.13. The number of aromatic nitrogens is 1. The molecule has 0 amide bonds. The molecule has 0 fully saturated rings. The van der Waals surface area contributed by atoms with E-state index in [0.717, 1.165) is 16.7 Å². The third kappa shape index (κ3) is 1.99. The van der Waals surface area contributed by atoms with Gasteiger partial charge in [-0.1, -0.05) is 18.2 Å². The molecule has 0 spiro atoms. The molecule has 0 radical (unpaired) electrons. The van der Waals surface area contributed by atoms with Crippen molar-refractivity contribution in [2.45, 2.75) is 0 Å². The molecule has 0 unspecified atom stereocenters. The summed E-state index contributed by atoms with van der Waals surface area (Å²) in [6.07, 6.45) is 1.80. The predicted octanol–water partition coefficient (Wildman–Crippen LogP) is 3.34. The van der Waals surface area contributed by atoms with E-state index in [0.29, 0.717) is 5.56 Å². The van der Waals surface area contributed by atoms with Crippen molar-refractivity contribution in [2.24, 2.45) is 0 Å². The van der Waals surface area contributed by atoms with Gasteiger partial charge in [0.1, 0.15) is 5.75 Å². The lowest BCUT2D eigenvalue weighted by Gasteiger charge is -2.05. The van der Waals surface area contributed by atoms with Crippen molar-refractivity contribution in [3.8, 4) is 5.75 Å². The maximum atomic E-state index is 12.4. The molecular formula is C16H13NO2. The Kier molecular flexibility index (Phi) is 2.80. The zero-order valence-corrected chi connectivity index (χ0v) is 10.5. The average molecular weight is 251 g/mol. The zero-order chi connectivity index (χ0) is 13.2. The van der Waals surface area contributed by atoms with E-state index in [-0.39, 0.29) is 5.91 Å². The first-order valence-corrected chi connectivity index (χ1v) is 6.04. The molecule has 0 saturated heterocycles. The van der Waals surface area contributed by atoms with Gasteiger partial charge in [-0.15, -0.1) is 0 Å². The summed E-state index contributed by atoms with van der Waals surface area (Å²) in [5.74, 6) is 0.706. The standard InChI is InChI=1S/C16H13NO2/c1-19-14-8-6-13(7-9-14)16(18)17-11-10-12-4-2-3-5-15(12)17/h2-11H,1H3. The van der Waals surface area contributed by atoms with Gasteiger partial charge >= 0.3 is 0 Å². The van der Waals surface area contributed by atoms with E-state index in [1.807, 2.05) is 30.3 Å². The van der Waals surface area contributed by atoms with E-state index in [1.165, 1.54) is 0 Å². The van der Waals surface area contributed by atoms with Crippen LogP contribution >= 0.6 is 0 Å². The minimum Gasteiger partial charge on any atom is -0.497 e. The molecule has 3 rings (SSSR count). The molecule has 0 aliphatic carbocycles. The number of carbonyl (C=O) groups excluding carboxylic acids is 1. The Balaban J connectivity index is 2.03. The zero-order valence-electron chi connectivity index (χ0n) is 10.5. The highest BCUT2D eigenvalue weighted by Gasteiger charge is 2.10. The van der Waals surface area contributed by atoms with E-state index >= 15 is 0 Å². The van der Waals surface area contributed by atoms with Crippen molar-refractivity contribution >= 4 is 16.8 Å². The molecule has 0 saturated carbocycles. The molecule has 1 heterocycles. The third-order valence-electron chi connectivity index (χ3n) is 3.16. The van der Waals surface area contributed by atoms with E-state index in [2.05, 4.69) is 0 Å². The van der Waals surface area contributed by atoms with E-state index in [4.69, 9.17) is 4.74 Å². The largest absolute Gasteiger partial charge is 0.497 e. The van der Waals surface area contributed by atoms with Gasteiger partial charge in [0.2, 0.25) is 0 Å². The van der Waals surface area contributed by atoms with Gasteiger partial charge in [-0.25, -0.2) is 0 Å². The van der Waals surface area contributed by atoms with Crippen LogP contribution in [0.1, 0.15) is 10.4 Å². The summed E-state index contributed by atoms with van der Waals surface area (Å²) in [5, 5.41) is 1.06. The molecule has 3 aromatic rings. The normalized spacial score (nSPS) is 10.6. The summed E-state index contributed by atoms with van der Waals surface area (Å²) in [4.78, 5) is 12.4.